The Balaban J connectivity index is 2.67. The molecule has 0 N–H and O–H groups in total. The summed E-state index contributed by atoms with van der Waals surface area (Å²) in [6.07, 6.45) is 7.43. The highest BCUT2D eigenvalue weighted by molar-refractivity contribution is 5.19. The van der Waals surface area contributed by atoms with Gasteiger partial charge in [0.05, 0.1) is 0 Å². The van der Waals surface area contributed by atoms with Gasteiger partial charge in [-0.1, -0.05) is 64.9 Å². The van der Waals surface area contributed by atoms with Gasteiger partial charge < -0.3 is 0 Å². The van der Waals surface area contributed by atoms with Gasteiger partial charge in [-0.2, -0.15) is 13.2 Å². The highest BCUT2D eigenvalue weighted by Crippen LogP contribution is 2.31. The SMILES string of the molecule is CCCCCCC(CCCCC)c1ccc(C(F)(F)F)nc1. The lowest BCUT2D eigenvalue weighted by Gasteiger charge is -2.18. The molecule has 0 fully saturated rings. The number of halogens is 3. The maximum atomic E-state index is 12.6. The van der Waals surface area contributed by atoms with Gasteiger partial charge in [-0.15, -0.1) is 0 Å². The fourth-order valence-corrected chi connectivity index (χ4v) is 2.75. The molecule has 0 bridgehead atoms. The molecule has 0 amide bonds. The minimum atomic E-state index is -4.35. The number of rotatable bonds is 10. The van der Waals surface area contributed by atoms with Crippen molar-refractivity contribution in [2.24, 2.45) is 0 Å². The summed E-state index contributed by atoms with van der Waals surface area (Å²) in [4.78, 5) is 3.62. The van der Waals surface area contributed by atoms with E-state index in [9.17, 15) is 13.2 Å². The first-order chi connectivity index (χ1) is 10.5. The monoisotopic (exact) mass is 315 g/mol. The average molecular weight is 315 g/mol. The van der Waals surface area contributed by atoms with Crippen molar-refractivity contribution >= 4 is 0 Å². The summed E-state index contributed by atoms with van der Waals surface area (Å²) in [5.41, 5.74) is 0.162. The van der Waals surface area contributed by atoms with Crippen LogP contribution in [0.25, 0.3) is 0 Å². The minimum Gasteiger partial charge on any atom is -0.251 e. The molecule has 0 aliphatic heterocycles. The lowest BCUT2D eigenvalue weighted by atomic mass is 9.89. The van der Waals surface area contributed by atoms with Crippen LogP contribution in [-0.2, 0) is 6.18 Å². The molecule has 1 rings (SSSR count). The van der Waals surface area contributed by atoms with Crippen LogP contribution in [0, 0.1) is 0 Å². The van der Waals surface area contributed by atoms with Crippen LogP contribution in [0.1, 0.15) is 88.8 Å². The van der Waals surface area contributed by atoms with Crippen LogP contribution in [0.4, 0.5) is 13.2 Å². The molecule has 0 radical (unpaired) electrons. The molecule has 0 aliphatic carbocycles. The first kappa shape index (κ1) is 19.0. The molecule has 1 atom stereocenters. The molecule has 22 heavy (non-hydrogen) atoms. The van der Waals surface area contributed by atoms with Crippen LogP contribution >= 0.6 is 0 Å². The van der Waals surface area contributed by atoms with Crippen LogP contribution in [-0.4, -0.2) is 4.98 Å². The van der Waals surface area contributed by atoms with Gasteiger partial charge in [-0.3, -0.25) is 4.98 Å². The van der Waals surface area contributed by atoms with E-state index in [0.29, 0.717) is 5.92 Å². The maximum absolute atomic E-state index is 12.6. The summed E-state index contributed by atoms with van der Waals surface area (Å²) in [5, 5.41) is 0. The predicted octanol–water partition coefficient (Wildman–Crippen LogP) is 6.73. The molecular weight excluding hydrogens is 287 g/mol. The van der Waals surface area contributed by atoms with Gasteiger partial charge in [-0.25, -0.2) is 0 Å². The fraction of sp³-hybridized carbons (Fsp3) is 0.722. The van der Waals surface area contributed by atoms with Crippen molar-refractivity contribution in [2.45, 2.75) is 83.7 Å². The number of aromatic nitrogens is 1. The van der Waals surface area contributed by atoms with E-state index in [1.54, 1.807) is 6.07 Å². The number of pyridine rings is 1. The Morgan fingerprint density at radius 2 is 1.50 bits per heavy atom. The summed E-state index contributed by atoms with van der Waals surface area (Å²) in [6, 6.07) is 2.74. The summed E-state index contributed by atoms with van der Waals surface area (Å²) in [6.45, 7) is 4.34. The maximum Gasteiger partial charge on any atom is 0.433 e. The Morgan fingerprint density at radius 1 is 0.909 bits per heavy atom. The first-order valence-corrected chi connectivity index (χ1v) is 8.52. The lowest BCUT2D eigenvalue weighted by molar-refractivity contribution is -0.141. The second-order valence-corrected chi connectivity index (χ2v) is 6.02. The van der Waals surface area contributed by atoms with Gasteiger partial charge in [0.15, 0.2) is 0 Å². The molecular formula is C18H28F3N. The second-order valence-electron chi connectivity index (χ2n) is 6.02. The van der Waals surface area contributed by atoms with Crippen molar-refractivity contribution < 1.29 is 13.2 Å². The van der Waals surface area contributed by atoms with E-state index >= 15 is 0 Å². The Hall–Kier alpha value is -1.06. The molecule has 0 aliphatic rings. The summed E-state index contributed by atoms with van der Waals surface area (Å²) in [5.74, 6) is 0.346. The third-order valence-corrected chi connectivity index (χ3v) is 4.11. The van der Waals surface area contributed by atoms with E-state index in [4.69, 9.17) is 0 Å². The molecule has 1 aromatic heterocycles. The topological polar surface area (TPSA) is 12.9 Å². The molecule has 126 valence electrons. The van der Waals surface area contributed by atoms with Crippen molar-refractivity contribution in [3.8, 4) is 0 Å². The van der Waals surface area contributed by atoms with E-state index < -0.39 is 11.9 Å². The third-order valence-electron chi connectivity index (χ3n) is 4.11. The fourth-order valence-electron chi connectivity index (χ4n) is 2.75. The van der Waals surface area contributed by atoms with Crippen LogP contribution < -0.4 is 0 Å². The Morgan fingerprint density at radius 3 is 2.00 bits per heavy atom. The second kappa shape index (κ2) is 9.86. The highest BCUT2D eigenvalue weighted by Gasteiger charge is 2.32. The van der Waals surface area contributed by atoms with E-state index in [0.717, 1.165) is 43.7 Å². The molecule has 0 saturated heterocycles. The highest BCUT2D eigenvalue weighted by atomic mass is 19.4. The van der Waals surface area contributed by atoms with Crippen LogP contribution in [0.5, 0.6) is 0 Å². The Labute approximate surface area is 132 Å². The number of hydrogen-bond acceptors (Lipinski definition) is 1. The van der Waals surface area contributed by atoms with Crippen molar-refractivity contribution in [3.63, 3.8) is 0 Å². The average Bonchev–Trinajstić information content (AvgIpc) is 2.49. The van der Waals surface area contributed by atoms with Crippen LogP contribution in [0.3, 0.4) is 0 Å². The van der Waals surface area contributed by atoms with Gasteiger partial charge in [0.25, 0.3) is 0 Å². The zero-order valence-electron chi connectivity index (χ0n) is 13.8. The van der Waals surface area contributed by atoms with Crippen molar-refractivity contribution in [3.05, 3.63) is 29.6 Å². The normalized spacial score (nSPS) is 13.3. The molecule has 1 aromatic rings. The van der Waals surface area contributed by atoms with E-state index in [-0.39, 0.29) is 0 Å². The number of unbranched alkanes of at least 4 members (excludes halogenated alkanes) is 5. The predicted molar refractivity (Wildman–Crippen MR) is 84.9 cm³/mol. The largest absolute Gasteiger partial charge is 0.433 e. The van der Waals surface area contributed by atoms with Gasteiger partial charge in [0.1, 0.15) is 5.69 Å². The third kappa shape index (κ3) is 6.80. The molecule has 0 saturated carbocycles. The number of alkyl halides is 3. The zero-order chi connectivity index (χ0) is 16.4. The van der Waals surface area contributed by atoms with E-state index in [2.05, 4.69) is 18.8 Å². The smallest absolute Gasteiger partial charge is 0.251 e. The van der Waals surface area contributed by atoms with Gasteiger partial charge in [0, 0.05) is 6.20 Å². The quantitative estimate of drug-likeness (QED) is 0.436. The molecule has 1 unspecified atom stereocenters. The zero-order valence-corrected chi connectivity index (χ0v) is 13.8. The minimum absolute atomic E-state index is 0.346. The van der Waals surface area contributed by atoms with Gasteiger partial charge in [-0.05, 0) is 30.4 Å². The van der Waals surface area contributed by atoms with Crippen molar-refractivity contribution in [1.29, 1.82) is 0 Å². The number of nitrogens with zero attached hydrogens (tertiary/aromatic N) is 1. The first-order valence-electron chi connectivity index (χ1n) is 8.52. The van der Waals surface area contributed by atoms with Crippen LogP contribution in [0.15, 0.2) is 18.3 Å². The van der Waals surface area contributed by atoms with Crippen molar-refractivity contribution in [1.82, 2.24) is 4.98 Å². The van der Waals surface area contributed by atoms with Crippen molar-refractivity contribution in [2.75, 3.05) is 0 Å². The lowest BCUT2D eigenvalue weighted by Crippen LogP contribution is -2.09. The van der Waals surface area contributed by atoms with Crippen LogP contribution in [0.2, 0.25) is 0 Å². The molecule has 4 heteroatoms. The standard InChI is InChI=1S/C18H28F3N/c1-3-5-7-9-11-15(10-8-6-4-2)16-12-13-17(22-14-16)18(19,20)21/h12-15H,3-11H2,1-2H3. The molecule has 0 aromatic carbocycles. The van der Waals surface area contributed by atoms with E-state index in [1.807, 2.05) is 0 Å². The van der Waals surface area contributed by atoms with E-state index in [1.165, 1.54) is 31.9 Å². The number of hydrogen-bond donors (Lipinski definition) is 0. The molecule has 1 heterocycles. The summed E-state index contributed by atoms with van der Waals surface area (Å²) in [7, 11) is 0. The Bertz CT molecular complexity index is 398. The summed E-state index contributed by atoms with van der Waals surface area (Å²) < 4.78 is 37.8. The Kier molecular flexibility index (Phi) is 8.51. The van der Waals surface area contributed by atoms with Gasteiger partial charge >= 0.3 is 6.18 Å². The molecule has 0 spiro atoms. The summed E-state index contributed by atoms with van der Waals surface area (Å²) >= 11 is 0. The van der Waals surface area contributed by atoms with Gasteiger partial charge in [0.2, 0.25) is 0 Å². The molecule has 1 nitrogen and oxygen atoms in total.